The molecule has 0 bridgehead atoms. The molecular formula is C17H15F2N3O2S. The van der Waals surface area contributed by atoms with E-state index in [4.69, 9.17) is 0 Å². The number of aromatic nitrogens is 2. The minimum Gasteiger partial charge on any atom is -0.435 e. The summed E-state index contributed by atoms with van der Waals surface area (Å²) in [6, 6.07) is 11.5. The molecule has 25 heavy (non-hydrogen) atoms. The number of hydrogen-bond donors (Lipinski definition) is 1. The fourth-order valence-corrected chi connectivity index (χ4v) is 3.06. The van der Waals surface area contributed by atoms with E-state index in [9.17, 15) is 13.6 Å². The van der Waals surface area contributed by atoms with Crippen LogP contribution in [0.25, 0.3) is 5.52 Å². The van der Waals surface area contributed by atoms with E-state index >= 15 is 0 Å². The molecule has 3 aromatic rings. The van der Waals surface area contributed by atoms with Crippen molar-refractivity contribution in [2.75, 3.05) is 5.32 Å². The number of anilines is 1. The van der Waals surface area contributed by atoms with E-state index in [2.05, 4.69) is 15.0 Å². The summed E-state index contributed by atoms with van der Waals surface area (Å²) >= 11 is 1.33. The molecule has 1 atom stereocenters. The summed E-state index contributed by atoms with van der Waals surface area (Å²) in [6.45, 7) is -1.10. The predicted molar refractivity (Wildman–Crippen MR) is 92.2 cm³/mol. The maximum Gasteiger partial charge on any atom is 0.387 e. The molecule has 1 amide bonds. The second-order valence-electron chi connectivity index (χ2n) is 5.19. The van der Waals surface area contributed by atoms with Crippen LogP contribution in [0.3, 0.4) is 0 Å². The molecule has 0 saturated carbocycles. The van der Waals surface area contributed by atoms with Gasteiger partial charge in [0, 0.05) is 11.9 Å². The molecule has 1 unspecified atom stereocenters. The first-order valence-electron chi connectivity index (χ1n) is 7.47. The lowest BCUT2D eigenvalue weighted by atomic mass is 10.3. The third kappa shape index (κ3) is 4.27. The molecule has 0 aliphatic heterocycles. The molecule has 2 heterocycles. The van der Waals surface area contributed by atoms with Gasteiger partial charge in [0.15, 0.2) is 5.16 Å². The van der Waals surface area contributed by atoms with E-state index in [1.807, 2.05) is 28.8 Å². The molecule has 0 fully saturated rings. The number of benzene rings is 1. The van der Waals surface area contributed by atoms with Crippen molar-refractivity contribution in [3.8, 4) is 5.75 Å². The van der Waals surface area contributed by atoms with Crippen molar-refractivity contribution in [3.05, 3.63) is 54.9 Å². The minimum atomic E-state index is -2.87. The highest BCUT2D eigenvalue weighted by Gasteiger charge is 2.17. The van der Waals surface area contributed by atoms with Crippen molar-refractivity contribution >= 4 is 28.9 Å². The molecule has 3 rings (SSSR count). The van der Waals surface area contributed by atoms with Crippen molar-refractivity contribution in [1.82, 2.24) is 9.38 Å². The van der Waals surface area contributed by atoms with Gasteiger partial charge >= 0.3 is 6.61 Å². The first-order chi connectivity index (χ1) is 12.0. The van der Waals surface area contributed by atoms with Crippen LogP contribution in [0.5, 0.6) is 5.75 Å². The van der Waals surface area contributed by atoms with Crippen LogP contribution in [0, 0.1) is 0 Å². The van der Waals surface area contributed by atoms with E-state index in [0.29, 0.717) is 5.69 Å². The summed E-state index contributed by atoms with van der Waals surface area (Å²) in [5.41, 5.74) is 1.46. The maximum absolute atomic E-state index is 12.3. The number of fused-ring (bicyclic) bond motifs is 1. The zero-order valence-electron chi connectivity index (χ0n) is 13.2. The van der Waals surface area contributed by atoms with Crippen LogP contribution in [0.15, 0.2) is 60.0 Å². The molecular weight excluding hydrogens is 348 g/mol. The van der Waals surface area contributed by atoms with Gasteiger partial charge in [-0.15, -0.1) is 0 Å². The lowest BCUT2D eigenvalue weighted by Gasteiger charge is -2.12. The van der Waals surface area contributed by atoms with Gasteiger partial charge in [-0.1, -0.05) is 17.8 Å². The molecule has 0 spiro atoms. The van der Waals surface area contributed by atoms with Gasteiger partial charge in [-0.05, 0) is 43.3 Å². The monoisotopic (exact) mass is 363 g/mol. The number of nitrogens with zero attached hydrogens (tertiary/aromatic N) is 2. The summed E-state index contributed by atoms with van der Waals surface area (Å²) in [6.07, 6.45) is 3.63. The van der Waals surface area contributed by atoms with E-state index in [1.165, 1.54) is 36.0 Å². The van der Waals surface area contributed by atoms with Crippen LogP contribution in [0.1, 0.15) is 6.92 Å². The highest BCUT2D eigenvalue weighted by molar-refractivity contribution is 8.00. The molecule has 8 heteroatoms. The number of rotatable bonds is 6. The van der Waals surface area contributed by atoms with E-state index in [1.54, 1.807) is 13.1 Å². The Hall–Kier alpha value is -2.61. The predicted octanol–water partition coefficient (Wildman–Crippen LogP) is 4.06. The van der Waals surface area contributed by atoms with Crippen LogP contribution < -0.4 is 10.1 Å². The van der Waals surface area contributed by atoms with Crippen LogP contribution in [0.4, 0.5) is 14.5 Å². The second-order valence-corrected chi connectivity index (χ2v) is 6.50. The number of imidazole rings is 1. The fourth-order valence-electron chi connectivity index (χ4n) is 2.18. The average Bonchev–Trinajstić information content (AvgIpc) is 2.99. The molecule has 1 N–H and O–H groups in total. The summed E-state index contributed by atoms with van der Waals surface area (Å²) in [7, 11) is 0. The molecule has 0 radical (unpaired) electrons. The third-order valence-corrected chi connectivity index (χ3v) is 4.48. The molecule has 1 aromatic carbocycles. The Kier molecular flexibility index (Phi) is 5.18. The van der Waals surface area contributed by atoms with E-state index in [-0.39, 0.29) is 16.9 Å². The number of nitrogens with one attached hydrogen (secondary N) is 1. The van der Waals surface area contributed by atoms with E-state index < -0.39 is 6.61 Å². The van der Waals surface area contributed by atoms with Crippen molar-refractivity contribution in [1.29, 1.82) is 0 Å². The molecule has 130 valence electrons. The number of ether oxygens (including phenoxy) is 1. The Bertz CT molecular complexity index is 868. The van der Waals surface area contributed by atoms with Crippen LogP contribution in [0.2, 0.25) is 0 Å². The molecule has 0 aliphatic carbocycles. The second kappa shape index (κ2) is 7.52. The van der Waals surface area contributed by atoms with Gasteiger partial charge in [0.05, 0.1) is 17.0 Å². The van der Waals surface area contributed by atoms with Crippen molar-refractivity contribution in [3.63, 3.8) is 0 Å². The zero-order valence-corrected chi connectivity index (χ0v) is 14.0. The number of alkyl halides is 2. The summed E-state index contributed by atoms with van der Waals surface area (Å²) in [4.78, 5) is 16.6. The lowest BCUT2D eigenvalue weighted by Crippen LogP contribution is -2.22. The van der Waals surface area contributed by atoms with Gasteiger partial charge in [0.1, 0.15) is 5.75 Å². The van der Waals surface area contributed by atoms with Gasteiger partial charge < -0.3 is 10.1 Å². The standard InChI is InChI=1S/C17H15F2N3O2S/c1-11(25-17-20-10-13-4-2-3-9-22(13)17)15(23)21-12-5-7-14(8-6-12)24-16(18)19/h2-11,16H,1H3,(H,21,23). The Morgan fingerprint density at radius 1 is 1.24 bits per heavy atom. The number of pyridine rings is 1. The topological polar surface area (TPSA) is 55.6 Å². The van der Waals surface area contributed by atoms with Crippen molar-refractivity contribution in [2.24, 2.45) is 0 Å². The Morgan fingerprint density at radius 3 is 2.72 bits per heavy atom. The van der Waals surface area contributed by atoms with Gasteiger partial charge in [-0.2, -0.15) is 8.78 Å². The quantitative estimate of drug-likeness (QED) is 0.671. The highest BCUT2D eigenvalue weighted by atomic mass is 32.2. The first kappa shape index (κ1) is 17.2. The molecule has 0 aliphatic rings. The number of carbonyl (C=O) groups is 1. The normalized spacial score (nSPS) is 12.3. The number of halogens is 2. The van der Waals surface area contributed by atoms with Crippen LogP contribution in [-0.2, 0) is 4.79 Å². The Morgan fingerprint density at radius 2 is 2.00 bits per heavy atom. The van der Waals surface area contributed by atoms with Gasteiger partial charge in [-0.3, -0.25) is 9.20 Å². The zero-order chi connectivity index (χ0) is 17.8. The lowest BCUT2D eigenvalue weighted by molar-refractivity contribution is -0.115. The van der Waals surface area contributed by atoms with Crippen molar-refractivity contribution < 1.29 is 18.3 Å². The fraction of sp³-hybridized carbons (Fsp3) is 0.176. The Labute approximate surface area is 147 Å². The van der Waals surface area contributed by atoms with Gasteiger partial charge in [0.25, 0.3) is 0 Å². The minimum absolute atomic E-state index is 0.0410. The van der Waals surface area contributed by atoms with Gasteiger partial charge in [0.2, 0.25) is 5.91 Å². The summed E-state index contributed by atoms with van der Waals surface area (Å²) in [5, 5.41) is 3.08. The number of thioether (sulfide) groups is 1. The summed E-state index contributed by atoms with van der Waals surface area (Å²) in [5.74, 6) is -0.167. The van der Waals surface area contributed by atoms with E-state index in [0.717, 1.165) is 10.7 Å². The number of carbonyl (C=O) groups excluding carboxylic acids is 1. The SMILES string of the molecule is CC(Sc1ncc2ccccn12)C(=O)Nc1ccc(OC(F)F)cc1. The van der Waals surface area contributed by atoms with Crippen molar-refractivity contribution in [2.45, 2.75) is 23.9 Å². The van der Waals surface area contributed by atoms with Crippen LogP contribution in [-0.4, -0.2) is 27.2 Å². The maximum atomic E-state index is 12.3. The first-order valence-corrected chi connectivity index (χ1v) is 8.35. The third-order valence-electron chi connectivity index (χ3n) is 3.40. The molecule has 5 nitrogen and oxygen atoms in total. The molecule has 0 saturated heterocycles. The highest BCUT2D eigenvalue weighted by Crippen LogP contribution is 2.24. The molecule has 2 aromatic heterocycles. The number of amides is 1. The van der Waals surface area contributed by atoms with Crippen LogP contribution >= 0.6 is 11.8 Å². The number of hydrogen-bond acceptors (Lipinski definition) is 4. The summed E-state index contributed by atoms with van der Waals surface area (Å²) < 4.78 is 30.4. The largest absolute Gasteiger partial charge is 0.435 e. The average molecular weight is 363 g/mol. The smallest absolute Gasteiger partial charge is 0.387 e. The Balaban J connectivity index is 1.62. The van der Waals surface area contributed by atoms with Gasteiger partial charge in [-0.25, -0.2) is 4.98 Å².